The lowest BCUT2D eigenvalue weighted by Gasteiger charge is -2.13. The van der Waals surface area contributed by atoms with Crippen molar-refractivity contribution in [2.75, 3.05) is 37.4 Å². The molecule has 8 heteroatoms. The molecule has 18 heavy (non-hydrogen) atoms. The van der Waals surface area contributed by atoms with Gasteiger partial charge in [-0.1, -0.05) is 0 Å². The standard InChI is InChI=1S/C10H17N3O4S/c11-8-1-2-9(12-3-5-14)10(7-8)18(16,17)13-4-6-15/h1-2,7,12-15H,3-6,11H2. The van der Waals surface area contributed by atoms with E-state index < -0.39 is 10.0 Å². The number of hydrogen-bond donors (Lipinski definition) is 5. The van der Waals surface area contributed by atoms with Gasteiger partial charge in [-0.05, 0) is 18.2 Å². The van der Waals surface area contributed by atoms with Gasteiger partial charge in [0.25, 0.3) is 0 Å². The van der Waals surface area contributed by atoms with E-state index in [1.54, 1.807) is 6.07 Å². The molecule has 7 nitrogen and oxygen atoms in total. The molecule has 1 rings (SSSR count). The summed E-state index contributed by atoms with van der Waals surface area (Å²) in [5.41, 5.74) is 6.23. The molecule has 0 unspecified atom stereocenters. The molecule has 0 atom stereocenters. The van der Waals surface area contributed by atoms with Crippen LogP contribution < -0.4 is 15.8 Å². The highest BCUT2D eigenvalue weighted by Crippen LogP contribution is 2.23. The molecule has 0 fully saturated rings. The van der Waals surface area contributed by atoms with Gasteiger partial charge in [0.15, 0.2) is 0 Å². The molecule has 1 aromatic rings. The molecule has 0 aliphatic heterocycles. The van der Waals surface area contributed by atoms with Gasteiger partial charge >= 0.3 is 0 Å². The normalized spacial score (nSPS) is 11.4. The van der Waals surface area contributed by atoms with Crippen LogP contribution >= 0.6 is 0 Å². The van der Waals surface area contributed by atoms with Gasteiger partial charge in [0.05, 0.1) is 18.9 Å². The lowest BCUT2D eigenvalue weighted by molar-refractivity contribution is 0.301. The lowest BCUT2D eigenvalue weighted by Crippen LogP contribution is -2.27. The highest BCUT2D eigenvalue weighted by atomic mass is 32.2. The smallest absolute Gasteiger partial charge is 0.242 e. The van der Waals surface area contributed by atoms with E-state index in [0.717, 1.165) is 0 Å². The van der Waals surface area contributed by atoms with Crippen molar-refractivity contribution in [3.05, 3.63) is 18.2 Å². The summed E-state index contributed by atoms with van der Waals surface area (Å²) in [6.07, 6.45) is 0. The molecule has 0 amide bonds. The van der Waals surface area contributed by atoms with Crippen LogP contribution in [0.2, 0.25) is 0 Å². The van der Waals surface area contributed by atoms with Gasteiger partial charge in [0, 0.05) is 18.8 Å². The molecule has 0 radical (unpaired) electrons. The molecule has 0 heterocycles. The third-order valence-electron chi connectivity index (χ3n) is 2.13. The fourth-order valence-electron chi connectivity index (χ4n) is 1.36. The van der Waals surface area contributed by atoms with Crippen molar-refractivity contribution in [3.8, 4) is 0 Å². The molecule has 0 spiro atoms. The molecular weight excluding hydrogens is 258 g/mol. The SMILES string of the molecule is Nc1ccc(NCCO)c(S(=O)(=O)NCCO)c1. The van der Waals surface area contributed by atoms with Crippen LogP contribution in [0.3, 0.4) is 0 Å². The van der Waals surface area contributed by atoms with Crippen molar-refractivity contribution in [2.45, 2.75) is 4.90 Å². The first kappa shape index (κ1) is 14.7. The van der Waals surface area contributed by atoms with E-state index in [4.69, 9.17) is 15.9 Å². The summed E-state index contributed by atoms with van der Waals surface area (Å²) in [5.74, 6) is 0. The Morgan fingerprint density at radius 1 is 1.17 bits per heavy atom. The second-order valence-electron chi connectivity index (χ2n) is 3.53. The van der Waals surface area contributed by atoms with Crippen LogP contribution in [0.4, 0.5) is 11.4 Å². The Balaban J connectivity index is 3.07. The van der Waals surface area contributed by atoms with Gasteiger partial charge in [-0.25, -0.2) is 13.1 Å². The molecular formula is C10H17N3O4S. The summed E-state index contributed by atoms with van der Waals surface area (Å²) in [5, 5.41) is 20.2. The number of sulfonamides is 1. The maximum Gasteiger partial charge on any atom is 0.242 e. The van der Waals surface area contributed by atoms with Crippen LogP contribution in [-0.4, -0.2) is 44.9 Å². The number of nitrogens with one attached hydrogen (secondary N) is 2. The molecule has 0 aliphatic carbocycles. The maximum atomic E-state index is 11.9. The number of rotatable bonds is 7. The average Bonchev–Trinajstić information content (AvgIpc) is 2.35. The van der Waals surface area contributed by atoms with Crippen LogP contribution in [0.15, 0.2) is 23.1 Å². The van der Waals surface area contributed by atoms with E-state index in [1.165, 1.54) is 12.1 Å². The molecule has 0 bridgehead atoms. The quantitative estimate of drug-likeness (QED) is 0.404. The Morgan fingerprint density at radius 3 is 2.44 bits per heavy atom. The number of aliphatic hydroxyl groups excluding tert-OH is 2. The van der Waals surface area contributed by atoms with Crippen LogP contribution in [0.5, 0.6) is 0 Å². The molecule has 0 aromatic heterocycles. The average molecular weight is 275 g/mol. The first-order valence-corrected chi connectivity index (χ1v) is 6.84. The van der Waals surface area contributed by atoms with Gasteiger partial charge in [-0.3, -0.25) is 0 Å². The summed E-state index contributed by atoms with van der Waals surface area (Å²) in [7, 11) is -3.74. The third-order valence-corrected chi connectivity index (χ3v) is 3.63. The Bertz CT molecular complexity index is 490. The highest BCUT2D eigenvalue weighted by molar-refractivity contribution is 7.89. The topological polar surface area (TPSA) is 125 Å². The Morgan fingerprint density at radius 2 is 1.83 bits per heavy atom. The molecule has 0 saturated heterocycles. The molecule has 0 aliphatic rings. The van der Waals surface area contributed by atoms with Crippen LogP contribution in [0, 0.1) is 0 Å². The number of anilines is 2. The number of hydrogen-bond acceptors (Lipinski definition) is 6. The van der Waals surface area contributed by atoms with Gasteiger partial charge in [0.2, 0.25) is 10.0 Å². The zero-order valence-corrected chi connectivity index (χ0v) is 10.6. The summed E-state index contributed by atoms with van der Waals surface area (Å²) in [4.78, 5) is -0.00981. The first-order chi connectivity index (χ1) is 8.51. The second kappa shape index (κ2) is 6.55. The van der Waals surface area contributed by atoms with Crippen LogP contribution in [-0.2, 0) is 10.0 Å². The highest BCUT2D eigenvalue weighted by Gasteiger charge is 2.18. The minimum Gasteiger partial charge on any atom is -0.399 e. The fourth-order valence-corrected chi connectivity index (χ4v) is 2.59. The van der Waals surface area contributed by atoms with Crippen molar-refractivity contribution >= 4 is 21.4 Å². The fraction of sp³-hybridized carbons (Fsp3) is 0.400. The van der Waals surface area contributed by atoms with Crippen molar-refractivity contribution < 1.29 is 18.6 Å². The number of nitrogen functional groups attached to an aromatic ring is 1. The third kappa shape index (κ3) is 3.84. The van der Waals surface area contributed by atoms with E-state index in [-0.39, 0.29) is 31.2 Å². The van der Waals surface area contributed by atoms with Crippen molar-refractivity contribution in [2.24, 2.45) is 0 Å². The van der Waals surface area contributed by atoms with Gasteiger partial charge in [-0.2, -0.15) is 0 Å². The maximum absolute atomic E-state index is 11.9. The zero-order chi connectivity index (χ0) is 13.6. The predicted molar refractivity (Wildman–Crippen MR) is 68.7 cm³/mol. The molecule has 6 N–H and O–H groups in total. The summed E-state index contributed by atoms with van der Waals surface area (Å²) < 4.78 is 26.1. The van der Waals surface area contributed by atoms with Crippen LogP contribution in [0.25, 0.3) is 0 Å². The largest absolute Gasteiger partial charge is 0.399 e. The molecule has 102 valence electrons. The van der Waals surface area contributed by atoms with E-state index in [1.807, 2.05) is 0 Å². The van der Waals surface area contributed by atoms with Crippen molar-refractivity contribution in [1.82, 2.24) is 4.72 Å². The minimum absolute atomic E-state index is 0.00981. The van der Waals surface area contributed by atoms with Gasteiger partial charge in [-0.15, -0.1) is 0 Å². The minimum atomic E-state index is -3.74. The van der Waals surface area contributed by atoms with E-state index in [0.29, 0.717) is 11.4 Å². The molecule has 0 saturated carbocycles. The zero-order valence-electron chi connectivity index (χ0n) is 9.76. The molecule has 1 aromatic carbocycles. The van der Waals surface area contributed by atoms with Crippen LogP contribution in [0.1, 0.15) is 0 Å². The van der Waals surface area contributed by atoms with E-state index >= 15 is 0 Å². The van der Waals surface area contributed by atoms with Crippen molar-refractivity contribution in [3.63, 3.8) is 0 Å². The van der Waals surface area contributed by atoms with Crippen molar-refractivity contribution in [1.29, 1.82) is 0 Å². The van der Waals surface area contributed by atoms with Gasteiger partial charge < -0.3 is 21.3 Å². The Kier molecular flexibility index (Phi) is 5.35. The predicted octanol–water partition coefficient (Wildman–Crippen LogP) is -1.06. The monoisotopic (exact) mass is 275 g/mol. The number of aliphatic hydroxyl groups is 2. The number of nitrogens with two attached hydrogens (primary N) is 1. The van der Waals surface area contributed by atoms with Gasteiger partial charge in [0.1, 0.15) is 4.90 Å². The van der Waals surface area contributed by atoms with E-state index in [9.17, 15) is 8.42 Å². The second-order valence-corrected chi connectivity index (χ2v) is 5.26. The summed E-state index contributed by atoms with van der Waals surface area (Å²) >= 11 is 0. The Labute approximate surface area is 106 Å². The number of benzene rings is 1. The summed E-state index contributed by atoms with van der Waals surface area (Å²) in [6.45, 7) is -0.252. The van der Waals surface area contributed by atoms with E-state index in [2.05, 4.69) is 10.0 Å². The Hall–Kier alpha value is -1.35. The summed E-state index contributed by atoms with van der Waals surface area (Å²) in [6, 6.07) is 4.41. The first-order valence-electron chi connectivity index (χ1n) is 5.36. The lowest BCUT2D eigenvalue weighted by atomic mass is 10.3.